The van der Waals surface area contributed by atoms with E-state index >= 15 is 0 Å². The molecule has 2 aromatic rings. The second-order valence-corrected chi connectivity index (χ2v) is 6.41. The summed E-state index contributed by atoms with van der Waals surface area (Å²) in [4.78, 5) is 26.0. The van der Waals surface area contributed by atoms with Crippen molar-refractivity contribution < 1.29 is 9.72 Å². The van der Waals surface area contributed by atoms with E-state index in [0.29, 0.717) is 36.0 Å². The highest BCUT2D eigenvalue weighted by Crippen LogP contribution is 2.26. The number of nitrogens with zero attached hydrogens (tertiary/aromatic N) is 2. The zero-order valence-corrected chi connectivity index (χ0v) is 14.8. The number of nitro groups is 1. The fraction of sp³-hybridized carbons (Fsp3) is 0.250. The average Bonchev–Trinajstić information content (AvgIpc) is 2.61. The van der Waals surface area contributed by atoms with Gasteiger partial charge in [-0.3, -0.25) is 14.9 Å². The van der Waals surface area contributed by atoms with E-state index in [-0.39, 0.29) is 11.6 Å². The number of aromatic nitrogens is 1. The molecule has 2 rings (SSSR count). The van der Waals surface area contributed by atoms with Crippen molar-refractivity contribution in [1.82, 2.24) is 10.3 Å². The van der Waals surface area contributed by atoms with E-state index in [2.05, 4.69) is 15.6 Å². The summed E-state index contributed by atoms with van der Waals surface area (Å²) >= 11 is 7.37. The molecule has 0 spiro atoms. The molecule has 0 aliphatic rings. The number of nitrogens with one attached hydrogen (secondary N) is 2. The van der Waals surface area contributed by atoms with E-state index in [9.17, 15) is 14.9 Å². The second-order valence-electron chi connectivity index (χ2n) is 5.01. The summed E-state index contributed by atoms with van der Waals surface area (Å²) in [6, 6.07) is 9.83. The maximum Gasteiger partial charge on any atom is 0.271 e. The number of hydrogen-bond acceptors (Lipinski definition) is 6. The van der Waals surface area contributed by atoms with Gasteiger partial charge in [0.25, 0.3) is 5.69 Å². The summed E-state index contributed by atoms with van der Waals surface area (Å²) in [6.07, 6.45) is 2.39. The third-order valence-electron chi connectivity index (χ3n) is 3.14. The Hall–Kier alpha value is -2.32. The summed E-state index contributed by atoms with van der Waals surface area (Å²) < 4.78 is 0. The van der Waals surface area contributed by atoms with Crippen LogP contribution in [-0.4, -0.2) is 34.7 Å². The summed E-state index contributed by atoms with van der Waals surface area (Å²) in [5.74, 6) is 0.266. The van der Waals surface area contributed by atoms with Crippen molar-refractivity contribution in [2.75, 3.05) is 24.2 Å². The lowest BCUT2D eigenvalue weighted by molar-refractivity contribution is -0.384. The maximum absolute atomic E-state index is 11.7. The van der Waals surface area contributed by atoms with Gasteiger partial charge < -0.3 is 10.6 Å². The minimum Gasteiger partial charge on any atom is -0.384 e. The number of rotatable bonds is 9. The monoisotopic (exact) mass is 380 g/mol. The molecule has 0 atom stereocenters. The van der Waals surface area contributed by atoms with Crippen molar-refractivity contribution in [1.29, 1.82) is 0 Å². The quantitative estimate of drug-likeness (QED) is 0.299. The second kappa shape index (κ2) is 9.85. The van der Waals surface area contributed by atoms with E-state index in [1.165, 1.54) is 23.9 Å². The zero-order chi connectivity index (χ0) is 18.1. The predicted molar refractivity (Wildman–Crippen MR) is 99.2 cm³/mol. The number of amides is 1. The molecule has 1 amide bonds. The molecule has 2 N–H and O–H groups in total. The number of pyridine rings is 1. The van der Waals surface area contributed by atoms with E-state index in [0.717, 1.165) is 5.03 Å². The van der Waals surface area contributed by atoms with Crippen molar-refractivity contribution in [3.63, 3.8) is 0 Å². The highest BCUT2D eigenvalue weighted by atomic mass is 35.5. The van der Waals surface area contributed by atoms with Gasteiger partial charge in [-0.1, -0.05) is 29.4 Å². The predicted octanol–water partition coefficient (Wildman–Crippen LogP) is 3.35. The fourth-order valence-corrected chi connectivity index (χ4v) is 2.86. The molecule has 0 bridgehead atoms. The van der Waals surface area contributed by atoms with Crippen molar-refractivity contribution in [2.45, 2.75) is 11.4 Å². The lowest BCUT2D eigenvalue weighted by Gasteiger charge is -2.09. The molecule has 9 heteroatoms. The van der Waals surface area contributed by atoms with Crippen LogP contribution in [0.2, 0.25) is 5.02 Å². The molecule has 25 heavy (non-hydrogen) atoms. The zero-order valence-electron chi connectivity index (χ0n) is 13.3. The first-order valence-electron chi connectivity index (χ1n) is 7.54. The molecular formula is C16H17ClN4O3S. The lowest BCUT2D eigenvalue weighted by Crippen LogP contribution is -2.27. The largest absolute Gasteiger partial charge is 0.384 e. The van der Waals surface area contributed by atoms with Gasteiger partial charge in [-0.2, -0.15) is 0 Å². The van der Waals surface area contributed by atoms with Crippen molar-refractivity contribution in [3.8, 4) is 0 Å². The van der Waals surface area contributed by atoms with Crippen molar-refractivity contribution in [3.05, 3.63) is 57.7 Å². The molecule has 0 aliphatic heterocycles. The Morgan fingerprint density at radius 1 is 1.28 bits per heavy atom. The molecule has 132 valence electrons. The van der Waals surface area contributed by atoms with Gasteiger partial charge in [0.15, 0.2) is 0 Å². The highest BCUT2D eigenvalue weighted by Gasteiger charge is 2.09. The normalized spacial score (nSPS) is 10.3. The van der Waals surface area contributed by atoms with Gasteiger partial charge in [0.1, 0.15) is 0 Å². The Morgan fingerprint density at radius 2 is 2.12 bits per heavy atom. The molecule has 0 saturated heterocycles. The lowest BCUT2D eigenvalue weighted by atomic mass is 10.2. The topological polar surface area (TPSA) is 97.2 Å². The molecule has 0 aliphatic carbocycles. The van der Waals surface area contributed by atoms with Crippen LogP contribution >= 0.6 is 23.4 Å². The molecule has 0 radical (unpaired) electrons. The van der Waals surface area contributed by atoms with Crippen molar-refractivity contribution in [2.24, 2.45) is 0 Å². The van der Waals surface area contributed by atoms with Gasteiger partial charge >= 0.3 is 0 Å². The van der Waals surface area contributed by atoms with Crippen molar-refractivity contribution >= 4 is 40.6 Å². The summed E-state index contributed by atoms with van der Waals surface area (Å²) in [7, 11) is 0. The number of hydrogen-bond donors (Lipinski definition) is 2. The van der Waals surface area contributed by atoms with Crippen LogP contribution in [0.1, 0.15) is 6.42 Å². The minimum absolute atomic E-state index is 0.0479. The van der Waals surface area contributed by atoms with E-state index in [1.54, 1.807) is 12.3 Å². The van der Waals surface area contributed by atoms with E-state index < -0.39 is 4.92 Å². The highest BCUT2D eigenvalue weighted by molar-refractivity contribution is 7.99. The molecule has 7 nitrogen and oxygen atoms in total. The van der Waals surface area contributed by atoms with Crippen LogP contribution in [-0.2, 0) is 4.79 Å². The smallest absolute Gasteiger partial charge is 0.271 e. The molecule has 1 heterocycles. The first-order chi connectivity index (χ1) is 12.1. The van der Waals surface area contributed by atoms with Gasteiger partial charge in [0.2, 0.25) is 5.91 Å². The number of non-ortho nitro benzene ring substituents is 1. The first kappa shape index (κ1) is 19.0. The Labute approximate surface area is 154 Å². The Balaban J connectivity index is 1.63. The van der Waals surface area contributed by atoms with Crippen LogP contribution in [0.15, 0.2) is 47.6 Å². The fourth-order valence-electron chi connectivity index (χ4n) is 1.92. The number of thioether (sulfide) groups is 1. The number of carbonyl (C=O) groups is 1. The van der Waals surface area contributed by atoms with Gasteiger partial charge in [-0.15, -0.1) is 0 Å². The van der Waals surface area contributed by atoms with Crippen LogP contribution in [0.4, 0.5) is 11.4 Å². The third-order valence-corrected chi connectivity index (χ3v) is 4.40. The Bertz CT molecular complexity index is 731. The molecule has 0 fully saturated rings. The number of benzene rings is 1. The molecule has 0 unspecified atom stereocenters. The number of anilines is 1. The van der Waals surface area contributed by atoms with Gasteiger partial charge in [-0.25, -0.2) is 4.98 Å². The standard InChI is InChI=1S/C16H17ClN4O3S/c17-13-10-12(21(23)24)5-6-14(13)18-8-3-9-19-15(22)11-25-16-4-1-2-7-20-16/h1-2,4-7,10,18H,3,8-9,11H2,(H,19,22). The molecular weight excluding hydrogens is 364 g/mol. The minimum atomic E-state index is -0.492. The van der Waals surface area contributed by atoms with Crippen LogP contribution in [0, 0.1) is 10.1 Å². The van der Waals surface area contributed by atoms with E-state index in [4.69, 9.17) is 11.6 Å². The SMILES string of the molecule is O=C(CSc1ccccn1)NCCCNc1ccc([N+](=O)[O-])cc1Cl. The first-order valence-corrected chi connectivity index (χ1v) is 8.91. The number of carbonyl (C=O) groups excluding carboxylic acids is 1. The van der Waals surface area contributed by atoms with Gasteiger partial charge in [-0.05, 0) is 24.6 Å². The van der Waals surface area contributed by atoms with Crippen LogP contribution in [0.3, 0.4) is 0 Å². The summed E-state index contributed by atoms with van der Waals surface area (Å²) in [6.45, 7) is 1.12. The molecule has 0 saturated carbocycles. The number of halogens is 1. The van der Waals surface area contributed by atoms with E-state index in [1.807, 2.05) is 18.2 Å². The molecule has 1 aromatic carbocycles. The van der Waals surface area contributed by atoms with Gasteiger partial charge in [0.05, 0.1) is 26.4 Å². The summed E-state index contributed by atoms with van der Waals surface area (Å²) in [5.41, 5.74) is 0.581. The third kappa shape index (κ3) is 6.60. The van der Waals surface area contributed by atoms with Crippen LogP contribution in [0.25, 0.3) is 0 Å². The maximum atomic E-state index is 11.7. The average molecular weight is 381 g/mol. The summed E-state index contributed by atoms with van der Waals surface area (Å²) in [5, 5.41) is 17.7. The Kier molecular flexibility index (Phi) is 7.49. The molecule has 1 aromatic heterocycles. The Morgan fingerprint density at radius 3 is 2.80 bits per heavy atom. The number of nitro benzene ring substituents is 1. The van der Waals surface area contributed by atoms with Crippen LogP contribution < -0.4 is 10.6 Å². The van der Waals surface area contributed by atoms with Crippen LogP contribution in [0.5, 0.6) is 0 Å². The van der Waals surface area contributed by atoms with Gasteiger partial charge in [0, 0.05) is 31.4 Å².